The molecule has 110 valence electrons. The molecule has 0 unspecified atom stereocenters. The Labute approximate surface area is 114 Å². The molecule has 6 nitrogen and oxygen atoms in total. The summed E-state index contributed by atoms with van der Waals surface area (Å²) in [5, 5.41) is 11.9. The van der Waals surface area contributed by atoms with Gasteiger partial charge in [-0.05, 0) is 26.7 Å². The van der Waals surface area contributed by atoms with Crippen LogP contribution in [0.5, 0.6) is 0 Å². The van der Waals surface area contributed by atoms with Gasteiger partial charge in [0.2, 0.25) is 0 Å². The van der Waals surface area contributed by atoms with E-state index in [-0.39, 0.29) is 12.1 Å². The van der Waals surface area contributed by atoms with Gasteiger partial charge in [0.25, 0.3) is 0 Å². The summed E-state index contributed by atoms with van der Waals surface area (Å²) in [5.74, 6) is -0.940. The van der Waals surface area contributed by atoms with E-state index in [1.807, 2.05) is 13.8 Å². The van der Waals surface area contributed by atoms with E-state index in [1.165, 1.54) is 4.90 Å². The van der Waals surface area contributed by atoms with Gasteiger partial charge >= 0.3 is 12.0 Å². The molecule has 0 aromatic heterocycles. The Bertz CT molecular complexity index is 325. The van der Waals surface area contributed by atoms with Gasteiger partial charge in [-0.3, -0.25) is 0 Å². The van der Waals surface area contributed by atoms with E-state index in [2.05, 4.69) is 5.32 Å². The second-order valence-corrected chi connectivity index (χ2v) is 5.37. The lowest BCUT2D eigenvalue weighted by Gasteiger charge is -2.28. The first-order chi connectivity index (χ1) is 8.87. The Morgan fingerprint density at radius 1 is 1.37 bits per heavy atom. The summed E-state index contributed by atoms with van der Waals surface area (Å²) in [7, 11) is 1.64. The minimum atomic E-state index is -1.08. The van der Waals surface area contributed by atoms with E-state index in [0.29, 0.717) is 26.0 Å². The van der Waals surface area contributed by atoms with Gasteiger partial charge in [0.15, 0.2) is 0 Å². The van der Waals surface area contributed by atoms with Gasteiger partial charge in [-0.25, -0.2) is 9.59 Å². The average Bonchev–Trinajstić information content (AvgIpc) is 2.78. The fourth-order valence-electron chi connectivity index (χ4n) is 2.20. The van der Waals surface area contributed by atoms with Crippen molar-refractivity contribution in [1.29, 1.82) is 0 Å². The molecule has 0 bridgehead atoms. The number of ether oxygens (including phenoxy) is 1. The number of nitrogens with one attached hydrogen (secondary N) is 1. The molecule has 0 radical (unpaired) electrons. The molecule has 0 atom stereocenters. The molecule has 0 saturated heterocycles. The summed E-state index contributed by atoms with van der Waals surface area (Å²) in [4.78, 5) is 24.8. The van der Waals surface area contributed by atoms with Crippen LogP contribution in [-0.4, -0.2) is 53.8 Å². The summed E-state index contributed by atoms with van der Waals surface area (Å²) in [6, 6.07) is -0.350. The van der Waals surface area contributed by atoms with E-state index in [4.69, 9.17) is 4.74 Å². The van der Waals surface area contributed by atoms with Gasteiger partial charge in [0, 0.05) is 13.6 Å². The Kier molecular flexibility index (Phi) is 5.60. The van der Waals surface area contributed by atoms with E-state index in [0.717, 1.165) is 12.8 Å². The Balaban J connectivity index is 2.46. The third-order valence-electron chi connectivity index (χ3n) is 3.44. The molecule has 1 aliphatic carbocycles. The maximum atomic E-state index is 12.0. The minimum absolute atomic E-state index is 0.122. The van der Waals surface area contributed by atoms with E-state index >= 15 is 0 Å². The average molecular weight is 272 g/mol. The standard InChI is InChI=1S/C13H24N2O4/c1-10(2)19-9-8-15(3)12(18)14-13(11(16)17)6-4-5-7-13/h10H,4-9H2,1-3H3,(H,14,18)(H,16,17). The summed E-state index contributed by atoms with van der Waals surface area (Å²) in [6.07, 6.45) is 2.81. The van der Waals surface area contributed by atoms with Gasteiger partial charge in [0.1, 0.15) is 5.54 Å². The van der Waals surface area contributed by atoms with E-state index in [9.17, 15) is 14.7 Å². The number of rotatable bonds is 6. The number of hydrogen-bond donors (Lipinski definition) is 2. The van der Waals surface area contributed by atoms with Gasteiger partial charge < -0.3 is 20.1 Å². The van der Waals surface area contributed by atoms with Crippen molar-refractivity contribution in [2.45, 2.75) is 51.2 Å². The van der Waals surface area contributed by atoms with Crippen molar-refractivity contribution in [2.24, 2.45) is 0 Å². The second-order valence-electron chi connectivity index (χ2n) is 5.37. The van der Waals surface area contributed by atoms with Crippen LogP contribution in [0.1, 0.15) is 39.5 Å². The van der Waals surface area contributed by atoms with Crippen LogP contribution >= 0.6 is 0 Å². The van der Waals surface area contributed by atoms with E-state index < -0.39 is 11.5 Å². The highest BCUT2D eigenvalue weighted by molar-refractivity contribution is 5.86. The predicted molar refractivity (Wildman–Crippen MR) is 71.1 cm³/mol. The summed E-state index contributed by atoms with van der Waals surface area (Å²) in [6.45, 7) is 4.75. The lowest BCUT2D eigenvalue weighted by molar-refractivity contribution is -0.144. The molecule has 1 saturated carbocycles. The molecule has 6 heteroatoms. The van der Waals surface area contributed by atoms with Crippen LogP contribution in [-0.2, 0) is 9.53 Å². The highest BCUT2D eigenvalue weighted by atomic mass is 16.5. The zero-order chi connectivity index (χ0) is 14.5. The quantitative estimate of drug-likeness (QED) is 0.767. The lowest BCUT2D eigenvalue weighted by atomic mass is 9.98. The van der Waals surface area contributed by atoms with Crippen molar-refractivity contribution >= 4 is 12.0 Å². The maximum absolute atomic E-state index is 12.0. The van der Waals surface area contributed by atoms with Crippen molar-refractivity contribution in [1.82, 2.24) is 10.2 Å². The van der Waals surface area contributed by atoms with E-state index in [1.54, 1.807) is 7.05 Å². The number of nitrogens with zero attached hydrogens (tertiary/aromatic N) is 1. The number of carboxylic acid groups (broad SMARTS) is 1. The third-order valence-corrected chi connectivity index (χ3v) is 3.44. The lowest BCUT2D eigenvalue weighted by Crippen LogP contribution is -2.56. The van der Waals surface area contributed by atoms with Crippen molar-refractivity contribution in [2.75, 3.05) is 20.2 Å². The maximum Gasteiger partial charge on any atom is 0.329 e. The zero-order valence-electron chi connectivity index (χ0n) is 11.9. The minimum Gasteiger partial charge on any atom is -0.480 e. The third kappa shape index (κ3) is 4.38. The van der Waals surface area contributed by atoms with Crippen LogP contribution in [0.25, 0.3) is 0 Å². The zero-order valence-corrected chi connectivity index (χ0v) is 11.9. The molecule has 1 rings (SSSR count). The van der Waals surface area contributed by atoms with Gasteiger partial charge in [-0.2, -0.15) is 0 Å². The molecular formula is C13H24N2O4. The molecule has 0 aromatic rings. The Hall–Kier alpha value is -1.30. The van der Waals surface area contributed by atoms with Gasteiger partial charge in [-0.1, -0.05) is 12.8 Å². The monoisotopic (exact) mass is 272 g/mol. The molecule has 0 aromatic carbocycles. The molecule has 0 spiro atoms. The van der Waals surface area contributed by atoms with Crippen LogP contribution in [0, 0.1) is 0 Å². The summed E-state index contributed by atoms with van der Waals surface area (Å²) >= 11 is 0. The molecular weight excluding hydrogens is 248 g/mol. The Morgan fingerprint density at radius 2 is 1.95 bits per heavy atom. The molecule has 2 amide bonds. The summed E-state index contributed by atoms with van der Waals surface area (Å²) in [5.41, 5.74) is -1.08. The number of amides is 2. The number of carbonyl (C=O) groups is 2. The Morgan fingerprint density at radius 3 is 2.42 bits per heavy atom. The van der Waals surface area contributed by atoms with Crippen LogP contribution in [0.4, 0.5) is 4.79 Å². The largest absolute Gasteiger partial charge is 0.480 e. The number of carbonyl (C=O) groups excluding carboxylic acids is 1. The number of carboxylic acids is 1. The number of hydrogen-bond acceptors (Lipinski definition) is 3. The number of aliphatic carboxylic acids is 1. The second kappa shape index (κ2) is 6.75. The van der Waals surface area contributed by atoms with Crippen molar-refractivity contribution in [3.05, 3.63) is 0 Å². The molecule has 0 aliphatic heterocycles. The van der Waals surface area contributed by atoms with Gasteiger partial charge in [-0.15, -0.1) is 0 Å². The van der Waals surface area contributed by atoms with Crippen molar-refractivity contribution in [3.63, 3.8) is 0 Å². The van der Waals surface area contributed by atoms with Crippen LogP contribution in [0.2, 0.25) is 0 Å². The van der Waals surface area contributed by atoms with Crippen molar-refractivity contribution < 1.29 is 19.4 Å². The van der Waals surface area contributed by atoms with Crippen molar-refractivity contribution in [3.8, 4) is 0 Å². The molecule has 19 heavy (non-hydrogen) atoms. The molecule has 0 heterocycles. The first kappa shape index (κ1) is 15.8. The van der Waals surface area contributed by atoms with Crippen LogP contribution < -0.4 is 5.32 Å². The van der Waals surface area contributed by atoms with Crippen LogP contribution in [0.3, 0.4) is 0 Å². The SMILES string of the molecule is CC(C)OCCN(C)C(=O)NC1(C(=O)O)CCCC1. The first-order valence-corrected chi connectivity index (χ1v) is 6.76. The summed E-state index contributed by atoms with van der Waals surface area (Å²) < 4.78 is 5.37. The smallest absolute Gasteiger partial charge is 0.329 e. The highest BCUT2D eigenvalue weighted by Gasteiger charge is 2.43. The molecule has 1 fully saturated rings. The van der Waals surface area contributed by atoms with Gasteiger partial charge in [0.05, 0.1) is 12.7 Å². The normalized spacial score (nSPS) is 17.5. The fraction of sp³-hybridized carbons (Fsp3) is 0.846. The fourth-order valence-corrected chi connectivity index (χ4v) is 2.20. The number of likely N-dealkylation sites (N-methyl/N-ethyl adjacent to an activating group) is 1. The predicted octanol–water partition coefficient (Wildman–Crippen LogP) is 1.45. The topological polar surface area (TPSA) is 78.9 Å². The highest BCUT2D eigenvalue weighted by Crippen LogP contribution is 2.30. The first-order valence-electron chi connectivity index (χ1n) is 6.76. The number of urea groups is 1. The molecule has 2 N–H and O–H groups in total. The van der Waals surface area contributed by atoms with Crippen LogP contribution in [0.15, 0.2) is 0 Å². The molecule has 1 aliphatic rings.